The van der Waals surface area contributed by atoms with Crippen molar-refractivity contribution < 1.29 is 9.52 Å². The van der Waals surface area contributed by atoms with E-state index >= 15 is 0 Å². The summed E-state index contributed by atoms with van der Waals surface area (Å²) in [5.74, 6) is 0.585. The van der Waals surface area contributed by atoms with Crippen LogP contribution in [0.5, 0.6) is 0 Å². The maximum absolute atomic E-state index is 9.66. The first kappa shape index (κ1) is 10.5. The monoisotopic (exact) mass is 244 g/mol. The summed E-state index contributed by atoms with van der Waals surface area (Å²) in [7, 11) is 0. The second-order valence-corrected chi connectivity index (χ2v) is 3.75. The van der Waals surface area contributed by atoms with Gasteiger partial charge in [-0.2, -0.15) is 0 Å². The van der Waals surface area contributed by atoms with Crippen LogP contribution in [0.15, 0.2) is 33.4 Å². The van der Waals surface area contributed by atoms with Gasteiger partial charge in [-0.25, -0.2) is 0 Å². The van der Waals surface area contributed by atoms with Crippen LogP contribution in [0.2, 0.25) is 0 Å². The molecule has 1 aromatic heterocycles. The van der Waals surface area contributed by atoms with Crippen molar-refractivity contribution in [3.63, 3.8) is 0 Å². The Morgan fingerprint density at radius 3 is 2.85 bits per heavy atom. The number of furan rings is 1. The Morgan fingerprint density at radius 1 is 1.69 bits per heavy atom. The topological polar surface area (TPSA) is 33.4 Å². The molecule has 0 aliphatic carbocycles. The van der Waals surface area contributed by atoms with Crippen molar-refractivity contribution in [2.45, 2.75) is 25.9 Å². The van der Waals surface area contributed by atoms with E-state index in [1.807, 2.05) is 6.92 Å². The Morgan fingerprint density at radius 2 is 2.38 bits per heavy atom. The summed E-state index contributed by atoms with van der Waals surface area (Å²) in [6.07, 6.45) is 0.883. The quantitative estimate of drug-likeness (QED) is 0.824. The maximum atomic E-state index is 9.66. The zero-order chi connectivity index (χ0) is 9.84. The lowest BCUT2D eigenvalue weighted by Crippen LogP contribution is -1.96. The largest absolute Gasteiger partial charge is 0.452 e. The minimum Gasteiger partial charge on any atom is -0.452 e. The molecular formula is C10H13BrO2. The third-order valence-corrected chi connectivity index (χ3v) is 2.33. The van der Waals surface area contributed by atoms with Crippen LogP contribution in [0.25, 0.3) is 0 Å². The molecule has 72 valence electrons. The van der Waals surface area contributed by atoms with Crippen LogP contribution in [0, 0.1) is 0 Å². The van der Waals surface area contributed by atoms with Gasteiger partial charge >= 0.3 is 0 Å². The van der Waals surface area contributed by atoms with E-state index in [1.54, 1.807) is 12.1 Å². The average Bonchev–Trinajstić information content (AvgIpc) is 2.51. The minimum atomic E-state index is -0.571. The smallest absolute Gasteiger partial charge is 0.169 e. The van der Waals surface area contributed by atoms with Crippen molar-refractivity contribution in [3.8, 4) is 0 Å². The molecule has 0 saturated heterocycles. The van der Waals surface area contributed by atoms with Crippen molar-refractivity contribution >= 4 is 15.9 Å². The number of aliphatic hydroxyl groups excluding tert-OH is 1. The number of halogens is 1. The Kier molecular flexibility index (Phi) is 3.75. The van der Waals surface area contributed by atoms with E-state index in [1.165, 1.54) is 0 Å². The number of rotatable bonds is 4. The summed E-state index contributed by atoms with van der Waals surface area (Å²) in [4.78, 5) is 0. The fourth-order valence-corrected chi connectivity index (χ4v) is 1.34. The Hall–Kier alpha value is -0.540. The molecule has 3 heteroatoms. The average molecular weight is 245 g/mol. The van der Waals surface area contributed by atoms with Crippen molar-refractivity contribution in [1.29, 1.82) is 0 Å². The van der Waals surface area contributed by atoms with E-state index in [0.29, 0.717) is 16.9 Å². The molecule has 1 N–H and O–H groups in total. The Labute approximate surface area is 86.4 Å². The van der Waals surface area contributed by atoms with Crippen LogP contribution in [-0.2, 0) is 0 Å². The highest BCUT2D eigenvalue weighted by Crippen LogP contribution is 2.25. The van der Waals surface area contributed by atoms with Crippen molar-refractivity contribution in [1.82, 2.24) is 0 Å². The molecule has 13 heavy (non-hydrogen) atoms. The molecule has 0 saturated carbocycles. The first-order valence-corrected chi connectivity index (χ1v) is 5.02. The van der Waals surface area contributed by atoms with Gasteiger partial charge in [0.05, 0.1) is 0 Å². The second kappa shape index (κ2) is 4.63. The maximum Gasteiger partial charge on any atom is 0.169 e. The molecule has 1 unspecified atom stereocenters. The molecule has 1 heterocycles. The molecule has 1 rings (SSSR count). The molecule has 0 bridgehead atoms. The first-order chi connectivity index (χ1) is 6.13. The molecule has 2 nitrogen and oxygen atoms in total. The van der Waals surface area contributed by atoms with Crippen LogP contribution in [0.4, 0.5) is 0 Å². The predicted octanol–water partition coefficient (Wildman–Crippen LogP) is 3.43. The van der Waals surface area contributed by atoms with Gasteiger partial charge in [0.25, 0.3) is 0 Å². The molecule has 1 aromatic rings. The van der Waals surface area contributed by atoms with Gasteiger partial charge in [0.2, 0.25) is 0 Å². The van der Waals surface area contributed by atoms with Gasteiger partial charge in [-0.15, -0.1) is 0 Å². The van der Waals surface area contributed by atoms with Crippen molar-refractivity contribution in [3.05, 3.63) is 34.7 Å². The lowest BCUT2D eigenvalue weighted by Gasteiger charge is -2.07. The normalized spacial score (nSPS) is 12.8. The standard InChI is InChI=1S/C10H13BrO2/c1-3-7(2)6-8(12)9-4-5-10(11)13-9/h4-5,8,12H,2-3,6H2,1H3. The highest BCUT2D eigenvalue weighted by Gasteiger charge is 2.12. The lowest BCUT2D eigenvalue weighted by molar-refractivity contribution is 0.148. The molecule has 0 fully saturated rings. The predicted molar refractivity (Wildman–Crippen MR) is 55.4 cm³/mol. The van der Waals surface area contributed by atoms with Gasteiger partial charge in [0, 0.05) is 6.42 Å². The summed E-state index contributed by atoms with van der Waals surface area (Å²) < 4.78 is 5.86. The van der Waals surface area contributed by atoms with Gasteiger partial charge in [0.15, 0.2) is 4.67 Å². The number of hydrogen-bond acceptors (Lipinski definition) is 2. The zero-order valence-corrected chi connectivity index (χ0v) is 9.17. The summed E-state index contributed by atoms with van der Waals surface area (Å²) in [6, 6.07) is 3.53. The molecule has 0 aliphatic heterocycles. The third kappa shape index (κ3) is 3.01. The van der Waals surface area contributed by atoms with Crippen molar-refractivity contribution in [2.75, 3.05) is 0 Å². The van der Waals surface area contributed by atoms with Gasteiger partial charge in [-0.05, 0) is 34.5 Å². The Balaban J connectivity index is 2.58. The highest BCUT2D eigenvalue weighted by atomic mass is 79.9. The molecule has 1 atom stereocenters. The molecule has 0 spiro atoms. The fourth-order valence-electron chi connectivity index (χ4n) is 1.03. The van der Waals surface area contributed by atoms with Crippen LogP contribution in [0.1, 0.15) is 31.6 Å². The molecular weight excluding hydrogens is 232 g/mol. The fraction of sp³-hybridized carbons (Fsp3) is 0.400. The number of aliphatic hydroxyl groups is 1. The van der Waals surface area contributed by atoms with Crippen LogP contribution < -0.4 is 0 Å². The molecule has 0 radical (unpaired) electrons. The summed E-state index contributed by atoms with van der Waals surface area (Å²) >= 11 is 3.18. The van der Waals surface area contributed by atoms with Crippen LogP contribution in [-0.4, -0.2) is 5.11 Å². The van der Waals surface area contributed by atoms with Crippen molar-refractivity contribution in [2.24, 2.45) is 0 Å². The first-order valence-electron chi connectivity index (χ1n) is 4.23. The van der Waals surface area contributed by atoms with E-state index < -0.39 is 6.10 Å². The van der Waals surface area contributed by atoms with Gasteiger partial charge in [-0.3, -0.25) is 0 Å². The second-order valence-electron chi connectivity index (χ2n) is 2.97. The molecule has 0 aromatic carbocycles. The Bertz CT molecular complexity index is 291. The zero-order valence-electron chi connectivity index (χ0n) is 7.59. The van der Waals surface area contributed by atoms with E-state index in [-0.39, 0.29) is 0 Å². The summed E-state index contributed by atoms with van der Waals surface area (Å²) in [5.41, 5.74) is 1.03. The summed E-state index contributed by atoms with van der Waals surface area (Å²) in [6.45, 7) is 5.85. The lowest BCUT2D eigenvalue weighted by atomic mass is 10.1. The van der Waals surface area contributed by atoms with E-state index in [0.717, 1.165) is 12.0 Å². The third-order valence-electron chi connectivity index (χ3n) is 1.90. The van der Waals surface area contributed by atoms with Gasteiger partial charge < -0.3 is 9.52 Å². The van der Waals surface area contributed by atoms with E-state index in [2.05, 4.69) is 22.5 Å². The minimum absolute atomic E-state index is 0.566. The van der Waals surface area contributed by atoms with Gasteiger partial charge in [0.1, 0.15) is 11.9 Å². The molecule has 0 aliphatic rings. The van der Waals surface area contributed by atoms with Crippen LogP contribution in [0.3, 0.4) is 0 Å². The van der Waals surface area contributed by atoms with E-state index in [9.17, 15) is 5.11 Å². The van der Waals surface area contributed by atoms with E-state index in [4.69, 9.17) is 4.42 Å². The number of hydrogen-bond donors (Lipinski definition) is 1. The SMILES string of the molecule is C=C(CC)CC(O)c1ccc(Br)o1. The summed E-state index contributed by atoms with van der Waals surface area (Å²) in [5, 5.41) is 9.66. The van der Waals surface area contributed by atoms with Gasteiger partial charge in [-0.1, -0.05) is 19.1 Å². The highest BCUT2D eigenvalue weighted by molar-refractivity contribution is 9.10. The van der Waals surface area contributed by atoms with Crippen LogP contribution >= 0.6 is 15.9 Å². The molecule has 0 amide bonds.